The number of aliphatic hydroxyl groups excluding tert-OH is 3. The number of hydrogen-bond acceptors (Lipinski definition) is 8. The van der Waals surface area contributed by atoms with Crippen molar-refractivity contribution in [2.75, 3.05) is 18.5 Å². The summed E-state index contributed by atoms with van der Waals surface area (Å²) in [4.78, 5) is 12.7. The lowest BCUT2D eigenvalue weighted by molar-refractivity contribution is -0.0511. The van der Waals surface area contributed by atoms with Crippen LogP contribution in [0.1, 0.15) is 26.5 Å². The number of ether oxygens (including phenoxy) is 1. The summed E-state index contributed by atoms with van der Waals surface area (Å²) in [5.74, 6) is 1.19. The Morgan fingerprint density at radius 2 is 2.04 bits per heavy atom. The number of hydrogen-bond donors (Lipinski definition) is 4. The van der Waals surface area contributed by atoms with Crippen molar-refractivity contribution >= 4 is 17.0 Å². The number of nitrogens with zero attached hydrogens (tertiary/aromatic N) is 4. The maximum absolute atomic E-state index is 10.2. The fourth-order valence-corrected chi connectivity index (χ4v) is 2.76. The molecule has 0 radical (unpaired) electrons. The SMILES string of the molecule is CC(C)CCNc1ncnc2c1ncn2[C@@H]1O[C@H](CO)C(O)[C@@H]1O. The van der Waals surface area contributed by atoms with Crippen LogP contribution < -0.4 is 5.32 Å². The van der Waals surface area contributed by atoms with Crippen LogP contribution in [0.3, 0.4) is 0 Å². The molecule has 0 saturated carbocycles. The van der Waals surface area contributed by atoms with E-state index in [0.29, 0.717) is 22.9 Å². The quantitative estimate of drug-likeness (QED) is 0.575. The highest BCUT2D eigenvalue weighted by atomic mass is 16.6. The third-order valence-electron chi connectivity index (χ3n) is 4.16. The lowest BCUT2D eigenvalue weighted by Gasteiger charge is -2.16. The number of imidazole rings is 1. The van der Waals surface area contributed by atoms with Gasteiger partial charge in [0.2, 0.25) is 0 Å². The van der Waals surface area contributed by atoms with Gasteiger partial charge in [0.25, 0.3) is 0 Å². The van der Waals surface area contributed by atoms with Crippen molar-refractivity contribution in [2.24, 2.45) is 5.92 Å². The van der Waals surface area contributed by atoms with Crippen LogP contribution in [0.4, 0.5) is 5.82 Å². The van der Waals surface area contributed by atoms with Crippen LogP contribution in [0.15, 0.2) is 12.7 Å². The van der Waals surface area contributed by atoms with Gasteiger partial charge in [-0.1, -0.05) is 13.8 Å². The fourth-order valence-electron chi connectivity index (χ4n) is 2.76. The van der Waals surface area contributed by atoms with Crippen LogP contribution in [0.25, 0.3) is 11.2 Å². The van der Waals surface area contributed by atoms with Crippen molar-refractivity contribution in [1.82, 2.24) is 19.5 Å². The zero-order valence-electron chi connectivity index (χ0n) is 13.7. The zero-order valence-corrected chi connectivity index (χ0v) is 13.7. The number of rotatable bonds is 6. The monoisotopic (exact) mass is 337 g/mol. The summed E-state index contributed by atoms with van der Waals surface area (Å²) < 4.78 is 7.08. The maximum atomic E-state index is 10.2. The highest BCUT2D eigenvalue weighted by Gasteiger charge is 2.44. The molecule has 0 bridgehead atoms. The van der Waals surface area contributed by atoms with E-state index in [1.807, 2.05) is 0 Å². The molecule has 1 saturated heterocycles. The van der Waals surface area contributed by atoms with E-state index in [1.54, 1.807) is 4.57 Å². The second-order valence-electron chi connectivity index (χ2n) is 6.38. The van der Waals surface area contributed by atoms with Gasteiger partial charge in [0.15, 0.2) is 23.2 Å². The van der Waals surface area contributed by atoms with Gasteiger partial charge < -0.3 is 25.4 Å². The molecule has 9 heteroatoms. The van der Waals surface area contributed by atoms with Crippen molar-refractivity contribution in [3.05, 3.63) is 12.7 Å². The van der Waals surface area contributed by atoms with E-state index < -0.39 is 24.5 Å². The van der Waals surface area contributed by atoms with Gasteiger partial charge in [-0.3, -0.25) is 4.57 Å². The standard InChI is InChI=1S/C15H23N5O4/c1-8(2)3-4-16-13-10-14(18-6-17-13)20(7-19-10)15-12(23)11(22)9(5-21)24-15/h6-9,11-12,15,21-23H,3-5H2,1-2H3,(H,16,17,18)/t9-,11?,12+,15-/m1/s1. The minimum Gasteiger partial charge on any atom is -0.394 e. The molecular formula is C15H23N5O4. The van der Waals surface area contributed by atoms with Crippen molar-refractivity contribution in [3.63, 3.8) is 0 Å². The van der Waals surface area contributed by atoms with Gasteiger partial charge in [0.1, 0.15) is 24.6 Å². The summed E-state index contributed by atoms with van der Waals surface area (Å²) >= 11 is 0. The van der Waals surface area contributed by atoms with Crippen LogP contribution in [0.5, 0.6) is 0 Å². The molecule has 0 aliphatic carbocycles. The molecule has 2 aromatic heterocycles. The normalized spacial score (nSPS) is 27.2. The highest BCUT2D eigenvalue weighted by Crippen LogP contribution is 2.32. The lowest BCUT2D eigenvalue weighted by atomic mass is 10.1. The van der Waals surface area contributed by atoms with Gasteiger partial charge in [-0.05, 0) is 12.3 Å². The Morgan fingerprint density at radius 1 is 1.25 bits per heavy atom. The summed E-state index contributed by atoms with van der Waals surface area (Å²) in [7, 11) is 0. The predicted molar refractivity (Wildman–Crippen MR) is 86.3 cm³/mol. The van der Waals surface area contributed by atoms with E-state index >= 15 is 0 Å². The number of nitrogens with one attached hydrogen (secondary N) is 1. The molecule has 4 N–H and O–H groups in total. The molecule has 3 heterocycles. The minimum absolute atomic E-state index is 0.377. The second-order valence-corrected chi connectivity index (χ2v) is 6.38. The van der Waals surface area contributed by atoms with Crippen LogP contribution >= 0.6 is 0 Å². The van der Waals surface area contributed by atoms with Gasteiger partial charge >= 0.3 is 0 Å². The summed E-state index contributed by atoms with van der Waals surface area (Å²) in [6.45, 7) is 4.68. The number of aliphatic hydroxyl groups is 3. The Hall–Kier alpha value is -1.81. The molecule has 4 atom stereocenters. The first kappa shape index (κ1) is 17.0. The smallest absolute Gasteiger partial charge is 0.167 e. The molecular weight excluding hydrogens is 314 g/mol. The van der Waals surface area contributed by atoms with Gasteiger partial charge in [-0.15, -0.1) is 0 Å². The molecule has 1 aliphatic rings. The predicted octanol–water partition coefficient (Wildman–Crippen LogP) is -0.104. The largest absolute Gasteiger partial charge is 0.394 e. The zero-order chi connectivity index (χ0) is 17.3. The molecule has 3 rings (SSSR count). The minimum atomic E-state index is -1.17. The highest BCUT2D eigenvalue weighted by molar-refractivity contribution is 5.82. The first-order valence-corrected chi connectivity index (χ1v) is 8.06. The van der Waals surface area contributed by atoms with Crippen molar-refractivity contribution in [2.45, 2.75) is 44.8 Å². The third kappa shape index (κ3) is 3.07. The summed E-state index contributed by atoms with van der Waals surface area (Å²) in [5.41, 5.74) is 1.06. The second kappa shape index (κ2) is 6.98. The Bertz CT molecular complexity index is 692. The molecule has 0 amide bonds. The molecule has 9 nitrogen and oxygen atoms in total. The number of anilines is 1. The van der Waals surface area contributed by atoms with Gasteiger partial charge in [0, 0.05) is 6.54 Å². The molecule has 0 aromatic carbocycles. The molecule has 1 fully saturated rings. The Balaban J connectivity index is 1.86. The topological polar surface area (TPSA) is 126 Å². The van der Waals surface area contributed by atoms with Gasteiger partial charge in [-0.25, -0.2) is 15.0 Å². The Labute approximate surface area is 139 Å². The Morgan fingerprint density at radius 3 is 2.71 bits per heavy atom. The third-order valence-corrected chi connectivity index (χ3v) is 4.16. The van der Waals surface area contributed by atoms with Gasteiger partial charge in [-0.2, -0.15) is 0 Å². The van der Waals surface area contributed by atoms with Crippen molar-refractivity contribution < 1.29 is 20.1 Å². The number of fused-ring (bicyclic) bond motifs is 1. The van der Waals surface area contributed by atoms with Crippen LogP contribution in [0.2, 0.25) is 0 Å². The summed E-state index contributed by atoms with van der Waals surface area (Å²) in [6, 6.07) is 0. The van der Waals surface area contributed by atoms with Crippen molar-refractivity contribution in [3.8, 4) is 0 Å². The van der Waals surface area contributed by atoms with Crippen molar-refractivity contribution in [1.29, 1.82) is 0 Å². The van der Waals surface area contributed by atoms with Crippen LogP contribution in [0, 0.1) is 5.92 Å². The van der Waals surface area contributed by atoms with E-state index in [4.69, 9.17) is 4.74 Å². The summed E-state index contributed by atoms with van der Waals surface area (Å²) in [6.07, 6.45) is -0.128. The molecule has 0 spiro atoms. The molecule has 1 aliphatic heterocycles. The van der Waals surface area contributed by atoms with E-state index in [-0.39, 0.29) is 6.61 Å². The average Bonchev–Trinajstić information content (AvgIpc) is 3.10. The fraction of sp³-hybridized carbons (Fsp3) is 0.667. The molecule has 2 aromatic rings. The summed E-state index contributed by atoms with van der Waals surface area (Å²) in [5, 5.41) is 32.5. The molecule has 24 heavy (non-hydrogen) atoms. The number of aromatic nitrogens is 4. The van der Waals surface area contributed by atoms with E-state index in [2.05, 4.69) is 34.1 Å². The van der Waals surface area contributed by atoms with E-state index in [9.17, 15) is 15.3 Å². The average molecular weight is 337 g/mol. The molecule has 1 unspecified atom stereocenters. The Kier molecular flexibility index (Phi) is 4.95. The lowest BCUT2D eigenvalue weighted by Crippen LogP contribution is -2.33. The first-order valence-electron chi connectivity index (χ1n) is 8.06. The van der Waals surface area contributed by atoms with Crippen LogP contribution in [-0.2, 0) is 4.74 Å². The van der Waals surface area contributed by atoms with E-state index in [1.165, 1.54) is 12.7 Å². The maximum Gasteiger partial charge on any atom is 0.167 e. The van der Waals surface area contributed by atoms with Gasteiger partial charge in [0.05, 0.1) is 12.9 Å². The van der Waals surface area contributed by atoms with E-state index in [0.717, 1.165) is 13.0 Å². The van der Waals surface area contributed by atoms with Crippen LogP contribution in [-0.4, -0.2) is 66.3 Å². The first-order chi connectivity index (χ1) is 11.5. The molecule has 132 valence electrons.